The van der Waals surface area contributed by atoms with Crippen LogP contribution in [0.4, 0.5) is 11.4 Å². The molecule has 6 heteroatoms. The number of para-hydroxylation sites is 1. The maximum Gasteiger partial charge on any atom is 0.173 e. The van der Waals surface area contributed by atoms with Gasteiger partial charge in [-0.1, -0.05) is 18.2 Å². The molecule has 25 heavy (non-hydrogen) atoms. The van der Waals surface area contributed by atoms with E-state index in [4.69, 9.17) is 21.7 Å². The highest BCUT2D eigenvalue weighted by atomic mass is 32.1. The van der Waals surface area contributed by atoms with Gasteiger partial charge in [-0.25, -0.2) is 0 Å². The minimum atomic E-state index is 0.586. The molecule has 0 aliphatic carbocycles. The first kappa shape index (κ1) is 16.0. The van der Waals surface area contributed by atoms with Gasteiger partial charge in [0.2, 0.25) is 0 Å². The number of thiocarbonyl (C=S) groups is 1. The Bertz CT molecular complexity index is 746. The van der Waals surface area contributed by atoms with Crippen LogP contribution in [-0.2, 0) is 0 Å². The van der Waals surface area contributed by atoms with Crippen LogP contribution in [0.1, 0.15) is 0 Å². The number of ether oxygens (including phenoxy) is 2. The number of piperazine rings is 1. The molecule has 130 valence electrons. The number of benzene rings is 2. The summed E-state index contributed by atoms with van der Waals surface area (Å²) in [5.74, 6) is 1.56. The zero-order chi connectivity index (χ0) is 17.1. The summed E-state index contributed by atoms with van der Waals surface area (Å²) in [6.07, 6.45) is 0. The van der Waals surface area contributed by atoms with Crippen molar-refractivity contribution in [3.8, 4) is 11.5 Å². The van der Waals surface area contributed by atoms with E-state index < -0.39 is 0 Å². The predicted octanol–water partition coefficient (Wildman–Crippen LogP) is 2.98. The summed E-state index contributed by atoms with van der Waals surface area (Å²) in [7, 11) is 0. The van der Waals surface area contributed by atoms with E-state index in [1.54, 1.807) is 0 Å². The minimum absolute atomic E-state index is 0.586. The fraction of sp³-hybridized carbons (Fsp3) is 0.316. The Balaban J connectivity index is 1.35. The van der Waals surface area contributed by atoms with Gasteiger partial charge in [0, 0.05) is 43.6 Å². The third-order valence-electron chi connectivity index (χ3n) is 4.48. The lowest BCUT2D eigenvalue weighted by molar-refractivity contribution is 0.171. The molecule has 0 aromatic heterocycles. The molecule has 2 aromatic rings. The first-order chi connectivity index (χ1) is 12.3. The van der Waals surface area contributed by atoms with Gasteiger partial charge in [-0.15, -0.1) is 0 Å². The molecule has 1 N–H and O–H groups in total. The monoisotopic (exact) mass is 355 g/mol. The largest absolute Gasteiger partial charge is 0.486 e. The highest BCUT2D eigenvalue weighted by Gasteiger charge is 2.19. The van der Waals surface area contributed by atoms with Crippen LogP contribution in [0.5, 0.6) is 11.5 Å². The number of hydrogen-bond acceptors (Lipinski definition) is 4. The maximum atomic E-state index is 5.63. The lowest BCUT2D eigenvalue weighted by atomic mass is 10.2. The molecule has 0 bridgehead atoms. The molecule has 5 nitrogen and oxygen atoms in total. The standard InChI is InChI=1S/C19H21N3O2S/c25-19(20-15-6-7-17-18(14-15)24-13-12-23-17)22-10-8-21(9-11-22)16-4-2-1-3-5-16/h1-7,14H,8-13H2,(H,20,25). The van der Waals surface area contributed by atoms with Gasteiger partial charge in [-0.3, -0.25) is 0 Å². The van der Waals surface area contributed by atoms with Crippen molar-refractivity contribution in [1.82, 2.24) is 4.90 Å². The third kappa shape index (κ3) is 3.64. The molecule has 0 spiro atoms. The molecule has 0 radical (unpaired) electrons. The van der Waals surface area contributed by atoms with Crippen molar-refractivity contribution in [2.24, 2.45) is 0 Å². The first-order valence-electron chi connectivity index (χ1n) is 8.55. The van der Waals surface area contributed by atoms with Crippen molar-refractivity contribution in [2.45, 2.75) is 0 Å². The average Bonchev–Trinajstić information content (AvgIpc) is 2.69. The molecular formula is C19H21N3O2S. The average molecular weight is 355 g/mol. The molecule has 2 aliphatic heterocycles. The molecule has 2 heterocycles. The Hall–Kier alpha value is -2.47. The van der Waals surface area contributed by atoms with Crippen LogP contribution in [-0.4, -0.2) is 49.4 Å². The highest BCUT2D eigenvalue weighted by Crippen LogP contribution is 2.32. The van der Waals surface area contributed by atoms with Gasteiger partial charge in [0.05, 0.1) is 0 Å². The molecule has 0 unspecified atom stereocenters. The number of hydrogen-bond donors (Lipinski definition) is 1. The van der Waals surface area contributed by atoms with Crippen molar-refractivity contribution in [3.63, 3.8) is 0 Å². The Kier molecular flexibility index (Phi) is 4.61. The van der Waals surface area contributed by atoms with Crippen LogP contribution in [0.25, 0.3) is 0 Å². The van der Waals surface area contributed by atoms with Crippen LogP contribution in [0.3, 0.4) is 0 Å². The van der Waals surface area contributed by atoms with Crippen LogP contribution >= 0.6 is 12.2 Å². The van der Waals surface area contributed by atoms with Crippen molar-refractivity contribution in [2.75, 3.05) is 49.6 Å². The summed E-state index contributed by atoms with van der Waals surface area (Å²) in [5, 5.41) is 4.07. The van der Waals surface area contributed by atoms with E-state index in [2.05, 4.69) is 39.4 Å². The lowest BCUT2D eigenvalue weighted by Gasteiger charge is -2.37. The van der Waals surface area contributed by atoms with Gasteiger partial charge in [-0.05, 0) is 36.5 Å². The van der Waals surface area contributed by atoms with Gasteiger partial charge in [0.25, 0.3) is 0 Å². The zero-order valence-electron chi connectivity index (χ0n) is 14.0. The van der Waals surface area contributed by atoms with Crippen LogP contribution < -0.4 is 19.7 Å². The number of anilines is 2. The lowest BCUT2D eigenvalue weighted by Crippen LogP contribution is -2.50. The molecule has 1 fully saturated rings. The SMILES string of the molecule is S=C(Nc1ccc2c(c1)OCCO2)N1CCN(c2ccccc2)CC1. The summed E-state index contributed by atoms with van der Waals surface area (Å²) in [6.45, 7) is 4.93. The molecule has 1 saturated heterocycles. The maximum absolute atomic E-state index is 5.63. The van der Waals surface area contributed by atoms with Crippen molar-refractivity contribution < 1.29 is 9.47 Å². The van der Waals surface area contributed by atoms with Crippen LogP contribution in [0.15, 0.2) is 48.5 Å². The van der Waals surface area contributed by atoms with Gasteiger partial charge < -0.3 is 24.6 Å². The quantitative estimate of drug-likeness (QED) is 0.835. The second-order valence-corrected chi connectivity index (χ2v) is 6.48. The molecule has 0 saturated carbocycles. The molecule has 0 atom stereocenters. The van der Waals surface area contributed by atoms with E-state index >= 15 is 0 Å². The fourth-order valence-electron chi connectivity index (χ4n) is 3.13. The minimum Gasteiger partial charge on any atom is -0.486 e. The summed E-state index contributed by atoms with van der Waals surface area (Å²) in [6, 6.07) is 16.4. The number of nitrogens with one attached hydrogen (secondary N) is 1. The highest BCUT2D eigenvalue weighted by molar-refractivity contribution is 7.80. The summed E-state index contributed by atoms with van der Waals surface area (Å²) in [4.78, 5) is 4.61. The predicted molar refractivity (Wildman–Crippen MR) is 104 cm³/mol. The Morgan fingerprint density at radius 3 is 2.36 bits per heavy atom. The molecular weight excluding hydrogens is 334 g/mol. The number of nitrogens with zero attached hydrogens (tertiary/aromatic N) is 2. The topological polar surface area (TPSA) is 37.0 Å². The van der Waals surface area contributed by atoms with Crippen LogP contribution in [0.2, 0.25) is 0 Å². The van der Waals surface area contributed by atoms with E-state index in [9.17, 15) is 0 Å². The van der Waals surface area contributed by atoms with E-state index in [-0.39, 0.29) is 0 Å². The van der Waals surface area contributed by atoms with Gasteiger partial charge in [0.15, 0.2) is 16.6 Å². The number of rotatable bonds is 2. The normalized spacial score (nSPS) is 16.5. The van der Waals surface area contributed by atoms with Crippen molar-refractivity contribution in [3.05, 3.63) is 48.5 Å². The number of fused-ring (bicyclic) bond motifs is 1. The van der Waals surface area contributed by atoms with E-state index in [0.717, 1.165) is 48.5 Å². The zero-order valence-corrected chi connectivity index (χ0v) is 14.8. The summed E-state index contributed by atoms with van der Waals surface area (Å²) < 4.78 is 11.2. The van der Waals surface area contributed by atoms with Gasteiger partial charge in [0.1, 0.15) is 13.2 Å². The summed E-state index contributed by atoms with van der Waals surface area (Å²) in [5.41, 5.74) is 2.20. The van der Waals surface area contributed by atoms with E-state index in [1.807, 2.05) is 24.3 Å². The van der Waals surface area contributed by atoms with Crippen LogP contribution in [0, 0.1) is 0 Å². The Morgan fingerprint density at radius 1 is 0.880 bits per heavy atom. The second-order valence-electron chi connectivity index (χ2n) is 6.10. The second kappa shape index (κ2) is 7.19. The van der Waals surface area contributed by atoms with Crippen molar-refractivity contribution in [1.29, 1.82) is 0 Å². The van der Waals surface area contributed by atoms with E-state index in [1.165, 1.54) is 5.69 Å². The third-order valence-corrected chi connectivity index (χ3v) is 4.84. The fourth-order valence-corrected chi connectivity index (χ4v) is 3.43. The molecule has 2 aromatic carbocycles. The van der Waals surface area contributed by atoms with Gasteiger partial charge >= 0.3 is 0 Å². The smallest absolute Gasteiger partial charge is 0.173 e. The summed E-state index contributed by atoms with van der Waals surface area (Å²) >= 11 is 5.59. The van der Waals surface area contributed by atoms with Gasteiger partial charge in [-0.2, -0.15) is 0 Å². The Morgan fingerprint density at radius 2 is 1.60 bits per heavy atom. The Labute approximate surface area is 153 Å². The molecule has 2 aliphatic rings. The van der Waals surface area contributed by atoms with E-state index in [0.29, 0.717) is 13.2 Å². The van der Waals surface area contributed by atoms with Crippen molar-refractivity contribution >= 4 is 28.7 Å². The first-order valence-corrected chi connectivity index (χ1v) is 8.96. The molecule has 0 amide bonds. The molecule has 4 rings (SSSR count).